The van der Waals surface area contributed by atoms with Gasteiger partial charge in [-0.2, -0.15) is 0 Å². The molecule has 4 rings (SSSR count). The molecule has 8 heteroatoms. The van der Waals surface area contributed by atoms with Crippen molar-refractivity contribution in [2.75, 3.05) is 25.0 Å². The molecule has 1 unspecified atom stereocenters. The van der Waals surface area contributed by atoms with Crippen LogP contribution in [0, 0.1) is 10.1 Å². The van der Waals surface area contributed by atoms with Gasteiger partial charge in [0.25, 0.3) is 11.6 Å². The first kappa shape index (κ1) is 18.5. The molecule has 1 aliphatic heterocycles. The summed E-state index contributed by atoms with van der Waals surface area (Å²) < 4.78 is 5.60. The van der Waals surface area contributed by atoms with Crippen molar-refractivity contribution in [2.45, 2.75) is 37.8 Å². The van der Waals surface area contributed by atoms with E-state index in [0.29, 0.717) is 17.8 Å². The molecule has 2 fully saturated rings. The molecule has 2 aromatic rings. The number of nitrogens with zero attached hydrogens (tertiary/aromatic N) is 2. The fourth-order valence-electron chi connectivity index (χ4n) is 3.62. The zero-order valence-electron chi connectivity index (χ0n) is 15.6. The van der Waals surface area contributed by atoms with Crippen LogP contribution in [0.2, 0.25) is 0 Å². The Kier molecular flexibility index (Phi) is 5.29. The van der Waals surface area contributed by atoms with E-state index in [0.717, 1.165) is 44.5 Å². The molecule has 1 atom stereocenters. The maximum absolute atomic E-state index is 12.2. The second-order valence-corrected chi connectivity index (χ2v) is 7.39. The first-order valence-electron chi connectivity index (χ1n) is 9.72. The summed E-state index contributed by atoms with van der Waals surface area (Å²) in [7, 11) is 0. The Morgan fingerprint density at radius 1 is 1.29 bits per heavy atom. The molecule has 28 heavy (non-hydrogen) atoms. The highest BCUT2D eigenvalue weighted by Crippen LogP contribution is 2.30. The summed E-state index contributed by atoms with van der Waals surface area (Å²) in [6.45, 7) is 2.45. The number of rotatable bonds is 8. The second kappa shape index (κ2) is 8.02. The SMILES string of the molecule is O=C(NC1CC1)c1ccc(NCC(c2ccco2)N2CCCC2)c([N+](=O)[O-])c1. The maximum Gasteiger partial charge on any atom is 0.293 e. The highest BCUT2D eigenvalue weighted by atomic mass is 16.6. The van der Waals surface area contributed by atoms with Gasteiger partial charge in [-0.25, -0.2) is 0 Å². The molecular formula is C20H24N4O4. The molecule has 148 valence electrons. The van der Waals surface area contributed by atoms with Gasteiger partial charge in [-0.15, -0.1) is 0 Å². The van der Waals surface area contributed by atoms with Crippen molar-refractivity contribution in [1.82, 2.24) is 10.2 Å². The summed E-state index contributed by atoms with van der Waals surface area (Å²) in [5.41, 5.74) is 0.623. The van der Waals surface area contributed by atoms with E-state index in [1.165, 1.54) is 6.07 Å². The predicted octanol–water partition coefficient (Wildman–Crippen LogP) is 3.33. The maximum atomic E-state index is 12.2. The Morgan fingerprint density at radius 2 is 2.07 bits per heavy atom. The van der Waals surface area contributed by atoms with Crippen molar-refractivity contribution >= 4 is 17.3 Å². The zero-order chi connectivity index (χ0) is 19.5. The quantitative estimate of drug-likeness (QED) is 0.535. The van der Waals surface area contributed by atoms with Crippen LogP contribution >= 0.6 is 0 Å². The molecule has 1 saturated heterocycles. The van der Waals surface area contributed by atoms with Crippen LogP contribution in [-0.4, -0.2) is 41.4 Å². The third-order valence-electron chi connectivity index (χ3n) is 5.31. The van der Waals surface area contributed by atoms with Crippen molar-refractivity contribution < 1.29 is 14.1 Å². The molecule has 1 saturated carbocycles. The minimum Gasteiger partial charge on any atom is -0.468 e. The topological polar surface area (TPSA) is 101 Å². The fraction of sp³-hybridized carbons (Fsp3) is 0.450. The molecule has 2 N–H and O–H groups in total. The van der Waals surface area contributed by atoms with Crippen LogP contribution in [0.1, 0.15) is 47.8 Å². The van der Waals surface area contributed by atoms with Crippen LogP contribution in [-0.2, 0) is 0 Å². The normalized spacial score (nSPS) is 18.0. The molecular weight excluding hydrogens is 360 g/mol. The van der Waals surface area contributed by atoms with Gasteiger partial charge in [0, 0.05) is 24.2 Å². The van der Waals surface area contributed by atoms with Crippen LogP contribution in [0.4, 0.5) is 11.4 Å². The van der Waals surface area contributed by atoms with Gasteiger partial charge in [0.15, 0.2) is 0 Å². The number of hydrogen-bond acceptors (Lipinski definition) is 6. The lowest BCUT2D eigenvalue weighted by atomic mass is 10.1. The number of carbonyl (C=O) groups is 1. The van der Waals surface area contributed by atoms with E-state index >= 15 is 0 Å². The summed E-state index contributed by atoms with van der Waals surface area (Å²) in [5.74, 6) is 0.583. The molecule has 2 aliphatic rings. The number of nitro groups is 1. The summed E-state index contributed by atoms with van der Waals surface area (Å²) in [6, 6.07) is 8.60. The van der Waals surface area contributed by atoms with E-state index in [2.05, 4.69) is 15.5 Å². The minimum absolute atomic E-state index is 0.00921. The van der Waals surface area contributed by atoms with Gasteiger partial charge in [0.2, 0.25) is 0 Å². The zero-order valence-corrected chi connectivity index (χ0v) is 15.6. The second-order valence-electron chi connectivity index (χ2n) is 7.39. The van der Waals surface area contributed by atoms with Gasteiger partial charge < -0.3 is 15.1 Å². The lowest BCUT2D eigenvalue weighted by molar-refractivity contribution is -0.384. The van der Waals surface area contributed by atoms with Crippen LogP contribution in [0.3, 0.4) is 0 Å². The molecule has 1 amide bonds. The van der Waals surface area contributed by atoms with Crippen LogP contribution in [0.15, 0.2) is 41.0 Å². The Bertz CT molecular complexity index is 842. The predicted molar refractivity (Wildman–Crippen MR) is 104 cm³/mol. The summed E-state index contributed by atoms with van der Waals surface area (Å²) in [5, 5.41) is 17.6. The first-order valence-corrected chi connectivity index (χ1v) is 9.72. The Morgan fingerprint density at radius 3 is 2.71 bits per heavy atom. The highest BCUT2D eigenvalue weighted by molar-refractivity contribution is 5.96. The van der Waals surface area contributed by atoms with Crippen LogP contribution in [0.5, 0.6) is 0 Å². The van der Waals surface area contributed by atoms with Gasteiger partial charge in [0.05, 0.1) is 17.2 Å². The Balaban J connectivity index is 1.50. The van der Waals surface area contributed by atoms with E-state index < -0.39 is 4.92 Å². The van der Waals surface area contributed by atoms with Crippen molar-refractivity contribution in [2.24, 2.45) is 0 Å². The molecule has 0 bridgehead atoms. The lowest BCUT2D eigenvalue weighted by Gasteiger charge is -2.26. The summed E-state index contributed by atoms with van der Waals surface area (Å²) >= 11 is 0. The number of nitrogens with one attached hydrogen (secondary N) is 2. The van der Waals surface area contributed by atoms with E-state index in [1.54, 1.807) is 18.4 Å². The van der Waals surface area contributed by atoms with Crippen molar-refractivity contribution in [3.8, 4) is 0 Å². The molecule has 2 heterocycles. The monoisotopic (exact) mass is 384 g/mol. The molecule has 8 nitrogen and oxygen atoms in total. The van der Waals surface area contributed by atoms with E-state index in [-0.39, 0.29) is 23.7 Å². The number of likely N-dealkylation sites (tertiary alicyclic amines) is 1. The van der Waals surface area contributed by atoms with Crippen molar-refractivity contribution in [3.63, 3.8) is 0 Å². The van der Waals surface area contributed by atoms with Crippen LogP contribution < -0.4 is 10.6 Å². The fourth-order valence-corrected chi connectivity index (χ4v) is 3.62. The van der Waals surface area contributed by atoms with Crippen molar-refractivity contribution in [1.29, 1.82) is 0 Å². The average Bonchev–Trinajstić information content (AvgIpc) is 3.14. The van der Waals surface area contributed by atoms with Crippen molar-refractivity contribution in [3.05, 3.63) is 58.0 Å². The smallest absolute Gasteiger partial charge is 0.293 e. The third-order valence-corrected chi connectivity index (χ3v) is 5.31. The first-order chi connectivity index (χ1) is 13.6. The average molecular weight is 384 g/mol. The number of furan rings is 1. The summed E-state index contributed by atoms with van der Waals surface area (Å²) in [4.78, 5) is 25.6. The third kappa shape index (κ3) is 4.17. The standard InChI is InChI=1S/C20H24N4O4/c25-20(22-15-6-7-15)14-5-8-16(17(12-14)24(26)27)21-13-18(19-4-3-11-28-19)23-9-1-2-10-23/h3-5,8,11-12,15,18,21H,1-2,6-7,9-10,13H2,(H,22,25). The largest absolute Gasteiger partial charge is 0.468 e. The van der Waals surface area contributed by atoms with Gasteiger partial charge in [-0.05, 0) is 63.0 Å². The molecule has 1 aromatic heterocycles. The number of amides is 1. The number of nitro benzene ring substituents is 1. The Hall–Kier alpha value is -2.87. The number of carbonyl (C=O) groups excluding carboxylic acids is 1. The highest BCUT2D eigenvalue weighted by Gasteiger charge is 2.28. The van der Waals surface area contributed by atoms with E-state index in [4.69, 9.17) is 4.42 Å². The van der Waals surface area contributed by atoms with E-state index in [9.17, 15) is 14.9 Å². The summed E-state index contributed by atoms with van der Waals surface area (Å²) in [6.07, 6.45) is 5.87. The van der Waals surface area contributed by atoms with Crippen LogP contribution in [0.25, 0.3) is 0 Å². The number of hydrogen-bond donors (Lipinski definition) is 2. The van der Waals surface area contributed by atoms with Gasteiger partial charge in [-0.1, -0.05) is 0 Å². The van der Waals surface area contributed by atoms with Gasteiger partial charge in [-0.3, -0.25) is 19.8 Å². The van der Waals surface area contributed by atoms with Gasteiger partial charge >= 0.3 is 0 Å². The van der Waals surface area contributed by atoms with E-state index in [1.807, 2.05) is 12.1 Å². The minimum atomic E-state index is -0.450. The number of benzene rings is 1. The molecule has 1 aromatic carbocycles. The number of anilines is 1. The molecule has 1 aliphatic carbocycles. The molecule has 0 radical (unpaired) electrons. The van der Waals surface area contributed by atoms with Gasteiger partial charge in [0.1, 0.15) is 11.4 Å². The molecule has 0 spiro atoms. The Labute approximate surface area is 163 Å². The lowest BCUT2D eigenvalue weighted by Crippen LogP contribution is -2.31.